The first kappa shape index (κ1) is 28.5. The number of nitrogens with zero attached hydrogens (tertiary/aromatic N) is 4. The Hall–Kier alpha value is -4.02. The molecule has 0 bridgehead atoms. The lowest BCUT2D eigenvalue weighted by atomic mass is 10.0. The van der Waals surface area contributed by atoms with Crippen molar-refractivity contribution in [1.29, 1.82) is 0 Å². The monoisotopic (exact) mass is 522 g/mol. The number of amidine groups is 1. The van der Waals surface area contributed by atoms with Crippen molar-refractivity contribution >= 4 is 29.2 Å². The number of hydrogen-bond acceptors (Lipinski definition) is 7. The zero-order chi connectivity index (χ0) is 27.7. The Morgan fingerprint density at radius 2 is 1.63 bits per heavy atom. The van der Waals surface area contributed by atoms with Crippen molar-refractivity contribution in [2.45, 2.75) is 19.8 Å². The predicted octanol–water partition coefficient (Wildman–Crippen LogP) is 2.56. The summed E-state index contributed by atoms with van der Waals surface area (Å²) < 4.78 is 0. The highest BCUT2D eigenvalue weighted by Gasteiger charge is 2.23. The van der Waals surface area contributed by atoms with Crippen molar-refractivity contribution < 1.29 is 21.0 Å². The summed E-state index contributed by atoms with van der Waals surface area (Å²) in [6.07, 6.45) is 3.01. The Morgan fingerprint density at radius 3 is 2.24 bits per heavy atom. The van der Waals surface area contributed by atoms with Crippen LogP contribution in [0.1, 0.15) is 41.1 Å². The molecule has 0 spiro atoms. The minimum Gasteiger partial charge on any atom is -0.378 e. The number of hydroxylamine groups is 1. The third-order valence-electron chi connectivity index (χ3n) is 6.32. The molecule has 0 aliphatic carbocycles. The molecule has 2 aromatic carbocycles. The topological polar surface area (TPSA) is 118 Å². The van der Waals surface area contributed by atoms with E-state index in [1.807, 2.05) is 55.4 Å². The first-order chi connectivity index (χ1) is 18.2. The van der Waals surface area contributed by atoms with Gasteiger partial charge in [-0.1, -0.05) is 12.1 Å². The molecule has 1 saturated heterocycles. The van der Waals surface area contributed by atoms with Gasteiger partial charge in [-0.15, -0.1) is 0 Å². The number of aliphatic imine (C=N–C) groups is 1. The zero-order valence-electron chi connectivity index (χ0n) is 22.4. The largest absolute Gasteiger partial charge is 0.378 e. The maximum absolute atomic E-state index is 13.0. The van der Waals surface area contributed by atoms with Gasteiger partial charge in [0.1, 0.15) is 5.84 Å². The highest BCUT2D eigenvalue weighted by molar-refractivity contribution is 6.07. The van der Waals surface area contributed by atoms with Gasteiger partial charge in [-0.05, 0) is 54.0 Å². The molecule has 4 rings (SSSR count). The number of amides is 3. The van der Waals surface area contributed by atoms with Crippen molar-refractivity contribution in [2.24, 2.45) is 4.99 Å². The van der Waals surface area contributed by atoms with Crippen molar-refractivity contribution in [3.05, 3.63) is 77.0 Å². The van der Waals surface area contributed by atoms with Crippen LogP contribution in [-0.2, 0) is 11.2 Å². The van der Waals surface area contributed by atoms with Crippen LogP contribution in [0.4, 0.5) is 5.69 Å². The van der Waals surface area contributed by atoms with Crippen LogP contribution < -0.4 is 15.7 Å². The van der Waals surface area contributed by atoms with E-state index >= 15 is 0 Å². The highest BCUT2D eigenvalue weighted by atomic mass is 16.5. The number of benzene rings is 2. The van der Waals surface area contributed by atoms with Crippen LogP contribution in [0.25, 0.3) is 0 Å². The molecule has 3 amide bonds. The summed E-state index contributed by atoms with van der Waals surface area (Å²) in [7, 11) is 5.34. The maximum Gasteiger partial charge on any atom is 0.256 e. The number of anilines is 1. The molecule has 2 aliphatic rings. The van der Waals surface area contributed by atoms with Crippen LogP contribution in [0.15, 0.2) is 65.3 Å². The normalized spacial score (nSPS) is 14.7. The van der Waals surface area contributed by atoms with E-state index in [1.54, 1.807) is 40.5 Å². The van der Waals surface area contributed by atoms with Crippen molar-refractivity contribution in [3.63, 3.8) is 0 Å². The summed E-state index contributed by atoms with van der Waals surface area (Å²) in [6.45, 7) is 3.78. The van der Waals surface area contributed by atoms with Gasteiger partial charge in [0, 0.05) is 85.1 Å². The first-order valence-electron chi connectivity index (χ1n) is 12.5. The lowest BCUT2D eigenvalue weighted by Gasteiger charge is -2.34. The molecule has 10 heteroatoms. The van der Waals surface area contributed by atoms with Crippen LogP contribution in [0.5, 0.6) is 0 Å². The standard InChI is InChI=1S/C27H31N5O3.CH5NO.H2/c1-19(33)31-11-13-32(14-12-31)27(35)23-6-4-5-20(16-23)15-21-17-25(28-18-21)29-26(34)22-7-9-24(10-8-22)30(2)3;1-2-3;/h4-10,16,18H,11-15,17H2,1-3H3,(H,28,29,34);2-3H,1H3;1H. The fourth-order valence-corrected chi connectivity index (χ4v) is 4.26. The van der Waals surface area contributed by atoms with E-state index in [-0.39, 0.29) is 19.1 Å². The molecule has 0 aromatic heterocycles. The fraction of sp³-hybridized carbons (Fsp3) is 0.357. The van der Waals surface area contributed by atoms with Crippen molar-refractivity contribution in [2.75, 3.05) is 52.2 Å². The molecule has 2 heterocycles. The van der Waals surface area contributed by atoms with Gasteiger partial charge in [-0.2, -0.15) is 0 Å². The Labute approximate surface area is 225 Å². The van der Waals surface area contributed by atoms with Gasteiger partial charge in [0.05, 0.1) is 0 Å². The summed E-state index contributed by atoms with van der Waals surface area (Å²) >= 11 is 0. The average molecular weight is 523 g/mol. The number of carbonyl (C=O) groups excluding carboxylic acids is 3. The van der Waals surface area contributed by atoms with Crippen LogP contribution in [0, 0.1) is 0 Å². The molecule has 0 unspecified atom stereocenters. The molecule has 3 N–H and O–H groups in total. The Bertz CT molecular complexity index is 1200. The number of carbonyl (C=O) groups is 3. The van der Waals surface area contributed by atoms with Gasteiger partial charge in [0.25, 0.3) is 11.8 Å². The fourth-order valence-electron chi connectivity index (χ4n) is 4.26. The third-order valence-corrected chi connectivity index (χ3v) is 6.32. The van der Waals surface area contributed by atoms with E-state index in [2.05, 4.69) is 10.3 Å². The van der Waals surface area contributed by atoms with Crippen molar-refractivity contribution in [1.82, 2.24) is 20.6 Å². The van der Waals surface area contributed by atoms with E-state index in [1.165, 1.54) is 7.05 Å². The number of piperazine rings is 1. The minimum atomic E-state index is -0.179. The van der Waals surface area contributed by atoms with Crippen LogP contribution >= 0.6 is 0 Å². The van der Waals surface area contributed by atoms with Crippen LogP contribution in [-0.4, -0.2) is 85.9 Å². The molecule has 0 saturated carbocycles. The summed E-state index contributed by atoms with van der Waals surface area (Å²) in [6, 6.07) is 15.1. The summed E-state index contributed by atoms with van der Waals surface area (Å²) in [4.78, 5) is 47.0. The van der Waals surface area contributed by atoms with E-state index in [9.17, 15) is 14.4 Å². The molecule has 204 valence electrons. The summed E-state index contributed by atoms with van der Waals surface area (Å²) in [5.74, 6) is 0.474. The zero-order valence-corrected chi connectivity index (χ0v) is 22.4. The van der Waals surface area contributed by atoms with Gasteiger partial charge in [0.2, 0.25) is 5.91 Å². The maximum atomic E-state index is 13.0. The SMILES string of the molecule is CC(=O)N1CCN(C(=O)c2cccc(CC3=CN=C(NC(=O)c4ccc(N(C)C)cc4)C3)c2)CC1.CNO.[HH]. The molecule has 38 heavy (non-hydrogen) atoms. The Morgan fingerprint density at radius 1 is 1.00 bits per heavy atom. The smallest absolute Gasteiger partial charge is 0.256 e. The second-order valence-corrected chi connectivity index (χ2v) is 9.33. The number of nitrogens with one attached hydrogen (secondary N) is 2. The van der Waals surface area contributed by atoms with E-state index < -0.39 is 0 Å². The Balaban J connectivity index is 0.00000127. The van der Waals surface area contributed by atoms with Gasteiger partial charge < -0.3 is 25.2 Å². The lowest BCUT2D eigenvalue weighted by Crippen LogP contribution is -2.50. The van der Waals surface area contributed by atoms with Crippen LogP contribution in [0.3, 0.4) is 0 Å². The first-order valence-corrected chi connectivity index (χ1v) is 12.5. The molecular formula is C28H38N6O4. The number of hydrogen-bond donors (Lipinski definition) is 3. The Kier molecular flexibility index (Phi) is 10.1. The van der Waals surface area contributed by atoms with E-state index in [0.717, 1.165) is 16.8 Å². The predicted molar refractivity (Wildman–Crippen MR) is 150 cm³/mol. The second kappa shape index (κ2) is 13.5. The molecule has 10 nitrogen and oxygen atoms in total. The average Bonchev–Trinajstić information content (AvgIpc) is 3.35. The summed E-state index contributed by atoms with van der Waals surface area (Å²) in [5.41, 5.74) is 6.10. The van der Waals surface area contributed by atoms with Crippen molar-refractivity contribution in [3.8, 4) is 0 Å². The summed E-state index contributed by atoms with van der Waals surface area (Å²) in [5, 5.41) is 10.2. The van der Waals surface area contributed by atoms with Gasteiger partial charge >= 0.3 is 0 Å². The molecule has 0 radical (unpaired) electrons. The molecule has 1 fully saturated rings. The lowest BCUT2D eigenvalue weighted by molar-refractivity contribution is -0.130. The van der Waals surface area contributed by atoms with E-state index in [0.29, 0.717) is 56.0 Å². The molecule has 2 aliphatic heterocycles. The number of rotatable bonds is 5. The third kappa shape index (κ3) is 7.74. The van der Waals surface area contributed by atoms with Gasteiger partial charge in [0.15, 0.2) is 0 Å². The van der Waals surface area contributed by atoms with E-state index in [4.69, 9.17) is 5.21 Å². The quantitative estimate of drug-likeness (QED) is 0.520. The minimum absolute atomic E-state index is 0. The molecule has 2 aromatic rings. The second-order valence-electron chi connectivity index (χ2n) is 9.33. The highest BCUT2D eigenvalue weighted by Crippen LogP contribution is 2.19. The van der Waals surface area contributed by atoms with Gasteiger partial charge in [-0.25, -0.2) is 10.5 Å². The van der Waals surface area contributed by atoms with Gasteiger partial charge in [-0.3, -0.25) is 14.4 Å². The molecular weight excluding hydrogens is 484 g/mol. The van der Waals surface area contributed by atoms with Crippen LogP contribution in [0.2, 0.25) is 0 Å². The molecule has 0 atom stereocenters.